The first-order chi connectivity index (χ1) is 8.27. The fraction of sp³-hybridized carbons (Fsp3) is 0.667. The van der Waals surface area contributed by atoms with E-state index in [1.807, 2.05) is 22.5 Å². The fourth-order valence-electron chi connectivity index (χ4n) is 2.82. The lowest BCUT2D eigenvalue weighted by atomic mass is 10.0. The van der Waals surface area contributed by atoms with E-state index in [0.717, 1.165) is 37.2 Å². The van der Waals surface area contributed by atoms with Crippen LogP contribution < -0.4 is 0 Å². The summed E-state index contributed by atoms with van der Waals surface area (Å²) in [5.41, 5.74) is 1.10. The summed E-state index contributed by atoms with van der Waals surface area (Å²) in [6, 6.07) is -0.391. The van der Waals surface area contributed by atoms with Gasteiger partial charge in [-0.05, 0) is 37.9 Å². The summed E-state index contributed by atoms with van der Waals surface area (Å²) in [6.07, 6.45) is 6.89. The van der Waals surface area contributed by atoms with Crippen LogP contribution in [0.3, 0.4) is 0 Å². The Kier molecular flexibility index (Phi) is 2.86. The van der Waals surface area contributed by atoms with E-state index in [9.17, 15) is 9.90 Å². The van der Waals surface area contributed by atoms with Gasteiger partial charge in [0.2, 0.25) is 0 Å². The summed E-state index contributed by atoms with van der Waals surface area (Å²) in [7, 11) is 0. The molecule has 0 aliphatic carbocycles. The molecule has 4 nitrogen and oxygen atoms in total. The van der Waals surface area contributed by atoms with Crippen molar-refractivity contribution >= 4 is 17.7 Å². The van der Waals surface area contributed by atoms with Gasteiger partial charge in [0.15, 0.2) is 0 Å². The molecule has 0 amide bonds. The topological polar surface area (TPSA) is 55.1 Å². The SMILES string of the molecule is O=C(O)C1CCCc2cnc(C3CCCS3)n21. The molecule has 2 unspecified atom stereocenters. The third-order valence-corrected chi connectivity index (χ3v) is 5.00. The minimum Gasteiger partial charge on any atom is -0.480 e. The zero-order valence-electron chi connectivity index (χ0n) is 9.63. The number of hydrogen-bond acceptors (Lipinski definition) is 3. The third-order valence-electron chi connectivity index (χ3n) is 3.63. The van der Waals surface area contributed by atoms with Gasteiger partial charge in [-0.2, -0.15) is 11.8 Å². The highest BCUT2D eigenvalue weighted by atomic mass is 32.2. The highest BCUT2D eigenvalue weighted by molar-refractivity contribution is 7.99. The second-order valence-electron chi connectivity index (χ2n) is 4.73. The molecule has 1 N–H and O–H groups in total. The van der Waals surface area contributed by atoms with E-state index in [2.05, 4.69) is 4.98 Å². The Balaban J connectivity index is 2.00. The van der Waals surface area contributed by atoms with Crippen molar-refractivity contribution in [3.05, 3.63) is 17.7 Å². The number of carboxylic acids is 1. The molecule has 1 saturated heterocycles. The standard InChI is InChI=1S/C12H16N2O2S/c15-12(16)9-4-1-3-8-7-13-11(14(8)9)10-5-2-6-17-10/h7,9-10H,1-6H2,(H,15,16). The number of aromatic nitrogens is 2. The van der Waals surface area contributed by atoms with Crippen molar-refractivity contribution in [1.82, 2.24) is 9.55 Å². The highest BCUT2D eigenvalue weighted by Gasteiger charge is 2.32. The van der Waals surface area contributed by atoms with Gasteiger partial charge in [0, 0.05) is 11.9 Å². The fourth-order valence-corrected chi connectivity index (χ4v) is 4.09. The van der Waals surface area contributed by atoms with Crippen LogP contribution in [-0.4, -0.2) is 26.4 Å². The number of aryl methyl sites for hydroxylation is 1. The lowest BCUT2D eigenvalue weighted by Crippen LogP contribution is -2.26. The maximum Gasteiger partial charge on any atom is 0.326 e. The number of imidazole rings is 1. The van der Waals surface area contributed by atoms with Crippen LogP contribution in [0.25, 0.3) is 0 Å². The summed E-state index contributed by atoms with van der Waals surface area (Å²) >= 11 is 1.91. The van der Waals surface area contributed by atoms with Gasteiger partial charge in [-0.1, -0.05) is 0 Å². The quantitative estimate of drug-likeness (QED) is 0.878. The van der Waals surface area contributed by atoms with Crippen LogP contribution in [0.15, 0.2) is 6.20 Å². The maximum atomic E-state index is 11.3. The molecule has 0 radical (unpaired) electrons. The molecule has 1 aromatic heterocycles. The average Bonchev–Trinajstić information content (AvgIpc) is 2.96. The largest absolute Gasteiger partial charge is 0.480 e. The van der Waals surface area contributed by atoms with Crippen LogP contribution in [0, 0.1) is 0 Å². The van der Waals surface area contributed by atoms with Gasteiger partial charge in [-0.3, -0.25) is 0 Å². The van der Waals surface area contributed by atoms with E-state index < -0.39 is 12.0 Å². The van der Waals surface area contributed by atoms with Crippen molar-refractivity contribution in [1.29, 1.82) is 0 Å². The molecule has 2 atom stereocenters. The molecule has 3 heterocycles. The summed E-state index contributed by atoms with van der Waals surface area (Å²) in [6.45, 7) is 0. The summed E-state index contributed by atoms with van der Waals surface area (Å²) in [5, 5.41) is 9.72. The number of fused-ring (bicyclic) bond motifs is 1. The highest BCUT2D eigenvalue weighted by Crippen LogP contribution is 2.41. The van der Waals surface area contributed by atoms with Crippen LogP contribution >= 0.6 is 11.8 Å². The van der Waals surface area contributed by atoms with E-state index >= 15 is 0 Å². The maximum absolute atomic E-state index is 11.3. The van der Waals surface area contributed by atoms with Crippen LogP contribution in [0.1, 0.15) is 48.5 Å². The number of aliphatic carboxylic acids is 1. The minimum atomic E-state index is -0.715. The Morgan fingerprint density at radius 1 is 1.47 bits per heavy atom. The van der Waals surface area contributed by atoms with E-state index in [4.69, 9.17) is 0 Å². The van der Waals surface area contributed by atoms with Crippen LogP contribution in [0.5, 0.6) is 0 Å². The van der Waals surface area contributed by atoms with Crippen LogP contribution in [0.2, 0.25) is 0 Å². The molecule has 3 rings (SSSR count). The molecule has 2 aliphatic heterocycles. The lowest BCUT2D eigenvalue weighted by Gasteiger charge is -2.25. The van der Waals surface area contributed by atoms with Gasteiger partial charge >= 0.3 is 5.97 Å². The Hall–Kier alpha value is -0.970. The van der Waals surface area contributed by atoms with Crippen LogP contribution in [-0.2, 0) is 11.2 Å². The molecule has 5 heteroatoms. The predicted molar refractivity (Wildman–Crippen MR) is 66.3 cm³/mol. The Morgan fingerprint density at radius 2 is 2.35 bits per heavy atom. The van der Waals surface area contributed by atoms with Crippen molar-refractivity contribution in [3.63, 3.8) is 0 Å². The summed E-state index contributed by atoms with van der Waals surface area (Å²) in [4.78, 5) is 15.8. The second-order valence-corrected chi connectivity index (χ2v) is 6.04. The van der Waals surface area contributed by atoms with E-state index in [0.29, 0.717) is 5.25 Å². The third kappa shape index (κ3) is 1.86. The van der Waals surface area contributed by atoms with E-state index in [1.54, 1.807) is 0 Å². The average molecular weight is 252 g/mol. The molecule has 1 fully saturated rings. The van der Waals surface area contributed by atoms with Crippen molar-refractivity contribution in [2.75, 3.05) is 5.75 Å². The molecule has 0 aromatic carbocycles. The van der Waals surface area contributed by atoms with Gasteiger partial charge in [0.25, 0.3) is 0 Å². The Bertz CT molecular complexity index is 438. The minimum absolute atomic E-state index is 0.391. The first-order valence-corrected chi connectivity index (χ1v) is 7.22. The lowest BCUT2D eigenvalue weighted by molar-refractivity contribution is -0.141. The zero-order valence-corrected chi connectivity index (χ0v) is 10.4. The molecule has 0 spiro atoms. The molecule has 17 heavy (non-hydrogen) atoms. The normalized spacial score (nSPS) is 28.0. The zero-order chi connectivity index (χ0) is 11.8. The summed E-state index contributed by atoms with van der Waals surface area (Å²) in [5.74, 6) is 1.45. The van der Waals surface area contributed by atoms with Gasteiger partial charge < -0.3 is 9.67 Å². The van der Waals surface area contributed by atoms with Gasteiger partial charge in [0.05, 0.1) is 5.25 Å². The van der Waals surface area contributed by atoms with Crippen molar-refractivity contribution in [3.8, 4) is 0 Å². The van der Waals surface area contributed by atoms with Gasteiger partial charge in [0.1, 0.15) is 11.9 Å². The number of carboxylic acid groups (broad SMARTS) is 1. The second kappa shape index (κ2) is 4.37. The number of nitrogens with zero attached hydrogens (tertiary/aromatic N) is 2. The molecule has 0 saturated carbocycles. The smallest absolute Gasteiger partial charge is 0.326 e. The van der Waals surface area contributed by atoms with Crippen LogP contribution in [0.4, 0.5) is 0 Å². The first-order valence-electron chi connectivity index (χ1n) is 6.18. The van der Waals surface area contributed by atoms with Crippen molar-refractivity contribution in [2.24, 2.45) is 0 Å². The van der Waals surface area contributed by atoms with Crippen molar-refractivity contribution in [2.45, 2.75) is 43.4 Å². The number of carbonyl (C=O) groups is 1. The molecule has 0 bridgehead atoms. The van der Waals surface area contributed by atoms with Crippen molar-refractivity contribution < 1.29 is 9.90 Å². The monoisotopic (exact) mass is 252 g/mol. The van der Waals surface area contributed by atoms with Gasteiger partial charge in [-0.25, -0.2) is 9.78 Å². The first kappa shape index (κ1) is 11.1. The molecular weight excluding hydrogens is 236 g/mol. The number of thioether (sulfide) groups is 1. The Morgan fingerprint density at radius 3 is 3.06 bits per heavy atom. The molecule has 2 aliphatic rings. The molecule has 1 aromatic rings. The van der Waals surface area contributed by atoms with E-state index in [1.165, 1.54) is 12.2 Å². The van der Waals surface area contributed by atoms with Gasteiger partial charge in [-0.15, -0.1) is 0 Å². The Labute approximate surface area is 104 Å². The number of hydrogen-bond donors (Lipinski definition) is 1. The van der Waals surface area contributed by atoms with E-state index in [-0.39, 0.29) is 0 Å². The summed E-state index contributed by atoms with van der Waals surface area (Å²) < 4.78 is 1.99. The predicted octanol–water partition coefficient (Wildman–Crippen LogP) is 2.41. The molecular formula is C12H16N2O2S. The number of rotatable bonds is 2. The molecule has 92 valence electrons.